The minimum absolute atomic E-state index is 0.164. The Bertz CT molecular complexity index is 934. The van der Waals surface area contributed by atoms with Gasteiger partial charge in [0.05, 0.1) is 11.3 Å². The Labute approximate surface area is 157 Å². The fraction of sp³-hybridized carbons (Fsp3) is 0.250. The molecular weight excluding hydrogens is 374 g/mol. The fourth-order valence-electron chi connectivity index (χ4n) is 2.24. The SMILES string of the molecule is CCn1c(SCC(=O)Nc2sccc2C#N)nnc1-c1csc(C)c1. The average Bonchev–Trinajstić information content (AvgIpc) is 3.31. The van der Waals surface area contributed by atoms with Gasteiger partial charge in [0.25, 0.3) is 0 Å². The number of carbonyl (C=O) groups is 1. The van der Waals surface area contributed by atoms with Gasteiger partial charge in [-0.15, -0.1) is 32.9 Å². The van der Waals surface area contributed by atoms with E-state index < -0.39 is 0 Å². The number of aryl methyl sites for hydroxylation is 1. The van der Waals surface area contributed by atoms with E-state index in [0.29, 0.717) is 15.7 Å². The molecule has 0 aliphatic carbocycles. The number of rotatable bonds is 6. The van der Waals surface area contributed by atoms with Crippen molar-refractivity contribution in [1.29, 1.82) is 5.26 Å². The Hall–Kier alpha value is -2.15. The van der Waals surface area contributed by atoms with Crippen molar-refractivity contribution in [3.8, 4) is 17.5 Å². The molecule has 3 heterocycles. The zero-order chi connectivity index (χ0) is 17.8. The number of nitrogens with one attached hydrogen (secondary N) is 1. The maximum atomic E-state index is 12.1. The number of anilines is 1. The number of amides is 1. The molecule has 0 spiro atoms. The molecule has 25 heavy (non-hydrogen) atoms. The molecular formula is C16H15N5OS3. The zero-order valence-corrected chi connectivity index (χ0v) is 16.1. The van der Waals surface area contributed by atoms with Crippen LogP contribution in [0.4, 0.5) is 5.00 Å². The number of thioether (sulfide) groups is 1. The number of hydrogen-bond acceptors (Lipinski definition) is 7. The van der Waals surface area contributed by atoms with Gasteiger partial charge < -0.3 is 9.88 Å². The summed E-state index contributed by atoms with van der Waals surface area (Å²) in [5.41, 5.74) is 1.53. The summed E-state index contributed by atoms with van der Waals surface area (Å²) in [5.74, 6) is 0.867. The highest BCUT2D eigenvalue weighted by atomic mass is 32.2. The number of nitriles is 1. The van der Waals surface area contributed by atoms with Crippen molar-refractivity contribution in [2.24, 2.45) is 0 Å². The predicted molar refractivity (Wildman–Crippen MR) is 102 cm³/mol. The molecule has 0 aliphatic heterocycles. The molecule has 3 aromatic heterocycles. The molecule has 6 nitrogen and oxygen atoms in total. The smallest absolute Gasteiger partial charge is 0.235 e. The number of aromatic nitrogens is 3. The Morgan fingerprint density at radius 3 is 2.96 bits per heavy atom. The molecule has 0 saturated heterocycles. The lowest BCUT2D eigenvalue weighted by Crippen LogP contribution is -2.14. The van der Waals surface area contributed by atoms with Crippen molar-refractivity contribution in [1.82, 2.24) is 14.8 Å². The molecule has 0 aliphatic rings. The minimum atomic E-state index is -0.164. The van der Waals surface area contributed by atoms with Crippen LogP contribution in [0.25, 0.3) is 11.4 Å². The highest BCUT2D eigenvalue weighted by Gasteiger charge is 2.16. The van der Waals surface area contributed by atoms with Crippen LogP contribution in [0.15, 0.2) is 28.0 Å². The van der Waals surface area contributed by atoms with Crippen LogP contribution in [0.5, 0.6) is 0 Å². The molecule has 1 N–H and O–H groups in total. The number of thiophene rings is 2. The highest BCUT2D eigenvalue weighted by Crippen LogP contribution is 2.28. The molecule has 1 amide bonds. The van der Waals surface area contributed by atoms with Crippen molar-refractivity contribution >= 4 is 45.3 Å². The van der Waals surface area contributed by atoms with E-state index in [4.69, 9.17) is 5.26 Å². The Balaban J connectivity index is 1.68. The van der Waals surface area contributed by atoms with Gasteiger partial charge in [-0.2, -0.15) is 5.26 Å². The van der Waals surface area contributed by atoms with Crippen LogP contribution < -0.4 is 5.32 Å². The van der Waals surface area contributed by atoms with Crippen LogP contribution in [0, 0.1) is 18.3 Å². The van der Waals surface area contributed by atoms with Gasteiger partial charge in [0.1, 0.15) is 11.1 Å². The number of nitrogens with zero attached hydrogens (tertiary/aromatic N) is 4. The van der Waals surface area contributed by atoms with Crippen molar-refractivity contribution < 1.29 is 4.79 Å². The molecule has 0 atom stereocenters. The van der Waals surface area contributed by atoms with Crippen molar-refractivity contribution in [3.63, 3.8) is 0 Å². The standard InChI is InChI=1S/C16H15N5OS3/c1-3-21-14(12-6-10(2)24-8-12)19-20-16(21)25-9-13(22)18-15-11(7-17)4-5-23-15/h4-6,8H,3,9H2,1-2H3,(H,18,22). The first kappa shape index (κ1) is 17.7. The first-order valence-electron chi connectivity index (χ1n) is 7.51. The van der Waals surface area contributed by atoms with E-state index in [2.05, 4.69) is 40.0 Å². The second kappa shape index (κ2) is 7.82. The van der Waals surface area contributed by atoms with E-state index in [-0.39, 0.29) is 11.7 Å². The van der Waals surface area contributed by atoms with Gasteiger partial charge in [0.15, 0.2) is 11.0 Å². The lowest BCUT2D eigenvalue weighted by atomic mass is 10.3. The lowest BCUT2D eigenvalue weighted by Gasteiger charge is -2.06. The lowest BCUT2D eigenvalue weighted by molar-refractivity contribution is -0.113. The summed E-state index contributed by atoms with van der Waals surface area (Å²) in [5, 5.41) is 25.4. The van der Waals surface area contributed by atoms with Gasteiger partial charge in [-0.05, 0) is 31.4 Å². The summed E-state index contributed by atoms with van der Waals surface area (Å²) in [6.45, 7) is 4.81. The number of hydrogen-bond donors (Lipinski definition) is 1. The topological polar surface area (TPSA) is 83.6 Å². The Kier molecular flexibility index (Phi) is 5.53. The van der Waals surface area contributed by atoms with Crippen molar-refractivity contribution in [3.05, 3.63) is 33.3 Å². The summed E-state index contributed by atoms with van der Waals surface area (Å²) in [4.78, 5) is 13.4. The molecule has 0 bridgehead atoms. The van der Waals surface area contributed by atoms with Gasteiger partial charge in [-0.25, -0.2) is 0 Å². The van der Waals surface area contributed by atoms with E-state index in [9.17, 15) is 4.79 Å². The van der Waals surface area contributed by atoms with Crippen molar-refractivity contribution in [2.75, 3.05) is 11.1 Å². The Morgan fingerprint density at radius 2 is 2.28 bits per heavy atom. The summed E-state index contributed by atoms with van der Waals surface area (Å²) in [6, 6.07) is 5.84. The second-order valence-electron chi connectivity index (χ2n) is 5.11. The van der Waals surface area contributed by atoms with Crippen LogP contribution in [0.3, 0.4) is 0 Å². The Morgan fingerprint density at radius 1 is 1.44 bits per heavy atom. The summed E-state index contributed by atoms with van der Waals surface area (Å²) >= 11 is 4.35. The molecule has 0 radical (unpaired) electrons. The van der Waals surface area contributed by atoms with E-state index in [1.165, 1.54) is 28.0 Å². The minimum Gasteiger partial charge on any atom is -0.316 e. The maximum absolute atomic E-state index is 12.1. The molecule has 0 saturated carbocycles. The third-order valence-electron chi connectivity index (χ3n) is 3.39. The molecule has 3 aromatic rings. The molecule has 9 heteroatoms. The van der Waals surface area contributed by atoms with E-state index in [1.807, 2.05) is 11.5 Å². The van der Waals surface area contributed by atoms with E-state index in [1.54, 1.807) is 22.8 Å². The molecule has 128 valence electrons. The summed E-state index contributed by atoms with van der Waals surface area (Å²) in [7, 11) is 0. The summed E-state index contributed by atoms with van der Waals surface area (Å²) < 4.78 is 2.01. The van der Waals surface area contributed by atoms with Gasteiger partial charge >= 0.3 is 0 Å². The largest absolute Gasteiger partial charge is 0.316 e. The third-order valence-corrected chi connectivity index (χ3v) is 6.05. The van der Waals surface area contributed by atoms with Gasteiger partial charge in [-0.3, -0.25) is 4.79 Å². The first-order valence-corrected chi connectivity index (χ1v) is 10.3. The maximum Gasteiger partial charge on any atom is 0.235 e. The molecule has 0 fully saturated rings. The zero-order valence-electron chi connectivity index (χ0n) is 13.6. The average molecular weight is 390 g/mol. The first-order chi connectivity index (χ1) is 12.1. The van der Waals surface area contributed by atoms with E-state index in [0.717, 1.165) is 17.9 Å². The van der Waals surface area contributed by atoms with Crippen LogP contribution in [0.1, 0.15) is 17.4 Å². The summed E-state index contributed by atoms with van der Waals surface area (Å²) in [6.07, 6.45) is 0. The van der Waals surface area contributed by atoms with E-state index >= 15 is 0 Å². The van der Waals surface area contributed by atoms with Gasteiger partial charge in [-0.1, -0.05) is 11.8 Å². The third kappa shape index (κ3) is 3.92. The van der Waals surface area contributed by atoms with Crippen LogP contribution in [0.2, 0.25) is 0 Å². The normalized spacial score (nSPS) is 10.6. The predicted octanol–water partition coefficient (Wildman–Crippen LogP) is 4.00. The van der Waals surface area contributed by atoms with Crippen molar-refractivity contribution in [2.45, 2.75) is 25.5 Å². The molecule has 0 unspecified atom stereocenters. The molecule has 3 rings (SSSR count). The van der Waals surface area contributed by atoms with Gasteiger partial charge in [0.2, 0.25) is 5.91 Å². The fourth-order valence-corrected chi connectivity index (χ4v) is 4.48. The quantitative estimate of drug-likeness (QED) is 0.644. The second-order valence-corrected chi connectivity index (χ2v) is 8.08. The van der Waals surface area contributed by atoms with Crippen LogP contribution in [-0.2, 0) is 11.3 Å². The van der Waals surface area contributed by atoms with Crippen LogP contribution in [-0.4, -0.2) is 26.4 Å². The molecule has 0 aromatic carbocycles. The van der Waals surface area contributed by atoms with Gasteiger partial charge in [0, 0.05) is 22.4 Å². The number of carbonyl (C=O) groups excluding carboxylic acids is 1. The monoisotopic (exact) mass is 389 g/mol. The van der Waals surface area contributed by atoms with Crippen LogP contribution >= 0.6 is 34.4 Å². The highest BCUT2D eigenvalue weighted by molar-refractivity contribution is 7.99.